The van der Waals surface area contributed by atoms with Crippen LogP contribution in [-0.4, -0.2) is 28.6 Å². The van der Waals surface area contributed by atoms with Crippen LogP contribution in [0.5, 0.6) is 0 Å². The molecule has 18 heavy (non-hydrogen) atoms. The van der Waals surface area contributed by atoms with Crippen molar-refractivity contribution in [2.24, 2.45) is 0 Å². The fraction of sp³-hybridized carbons (Fsp3) is 0.308. The van der Waals surface area contributed by atoms with E-state index in [4.69, 9.17) is 5.11 Å². The first-order valence-corrected chi connectivity index (χ1v) is 5.80. The third-order valence-corrected chi connectivity index (χ3v) is 2.77. The van der Waals surface area contributed by atoms with Crippen molar-refractivity contribution in [2.75, 3.05) is 6.61 Å². The zero-order valence-corrected chi connectivity index (χ0v) is 10.0. The summed E-state index contributed by atoms with van der Waals surface area (Å²) < 4.78 is 13.0. The summed E-state index contributed by atoms with van der Waals surface area (Å²) in [6, 6.07) is 5.82. The number of aliphatic hydroxyl groups excluding tert-OH is 1. The van der Waals surface area contributed by atoms with E-state index in [1.54, 1.807) is 12.1 Å². The lowest BCUT2D eigenvalue weighted by Crippen LogP contribution is -2.33. The number of hydrogen-bond donors (Lipinski definition) is 3. The number of fused-ring (bicyclic) bond motifs is 1. The Kier molecular flexibility index (Phi) is 3.62. The van der Waals surface area contributed by atoms with Crippen LogP contribution in [0.4, 0.5) is 4.39 Å². The van der Waals surface area contributed by atoms with Crippen LogP contribution in [0.25, 0.3) is 10.9 Å². The fourth-order valence-electron chi connectivity index (χ4n) is 1.79. The molecule has 1 aromatic heterocycles. The number of H-pyrrole nitrogens is 1. The van der Waals surface area contributed by atoms with Gasteiger partial charge < -0.3 is 15.4 Å². The maximum atomic E-state index is 13.0. The number of aromatic nitrogens is 1. The van der Waals surface area contributed by atoms with Crippen LogP contribution in [0, 0.1) is 5.82 Å². The van der Waals surface area contributed by atoms with E-state index in [0.717, 1.165) is 5.52 Å². The molecule has 3 N–H and O–H groups in total. The smallest absolute Gasteiger partial charge is 0.267 e. The molecule has 0 aliphatic carbocycles. The molecule has 1 atom stereocenters. The van der Waals surface area contributed by atoms with E-state index in [9.17, 15) is 9.18 Å². The molecule has 2 rings (SSSR count). The highest BCUT2D eigenvalue weighted by Crippen LogP contribution is 2.16. The molecule has 4 nitrogen and oxygen atoms in total. The predicted molar refractivity (Wildman–Crippen MR) is 66.9 cm³/mol. The molecule has 0 aliphatic heterocycles. The van der Waals surface area contributed by atoms with Gasteiger partial charge in [0.05, 0.1) is 0 Å². The van der Waals surface area contributed by atoms with Crippen LogP contribution in [0.15, 0.2) is 24.3 Å². The number of carbonyl (C=O) groups is 1. The molecule has 0 radical (unpaired) electrons. The van der Waals surface area contributed by atoms with Crippen molar-refractivity contribution >= 4 is 16.8 Å². The molecule has 0 fully saturated rings. The number of rotatable bonds is 4. The van der Waals surface area contributed by atoms with Crippen molar-refractivity contribution in [3.63, 3.8) is 0 Å². The van der Waals surface area contributed by atoms with Gasteiger partial charge in [0.2, 0.25) is 0 Å². The highest BCUT2D eigenvalue weighted by Gasteiger charge is 2.12. The lowest BCUT2D eigenvalue weighted by atomic mass is 10.2. The van der Waals surface area contributed by atoms with Crippen LogP contribution >= 0.6 is 0 Å². The van der Waals surface area contributed by atoms with E-state index in [2.05, 4.69) is 10.3 Å². The molecule has 96 valence electrons. The second-order valence-corrected chi connectivity index (χ2v) is 4.30. The monoisotopic (exact) mass is 250 g/mol. The van der Waals surface area contributed by atoms with Gasteiger partial charge in [0.1, 0.15) is 11.5 Å². The molecule has 1 aromatic carbocycles. The minimum absolute atomic E-state index is 0.0271. The van der Waals surface area contributed by atoms with E-state index >= 15 is 0 Å². The normalized spacial score (nSPS) is 12.6. The molecule has 1 heterocycles. The molecule has 0 saturated heterocycles. The lowest BCUT2D eigenvalue weighted by molar-refractivity contribution is 0.0930. The minimum atomic E-state index is -0.331. The molecule has 0 unspecified atom stereocenters. The summed E-state index contributed by atoms with van der Waals surface area (Å²) in [6.45, 7) is 1.84. The molecular weight excluding hydrogens is 235 g/mol. The average molecular weight is 250 g/mol. The van der Waals surface area contributed by atoms with E-state index in [-0.39, 0.29) is 24.4 Å². The van der Waals surface area contributed by atoms with Gasteiger partial charge in [-0.3, -0.25) is 4.79 Å². The van der Waals surface area contributed by atoms with Gasteiger partial charge in [0, 0.05) is 23.6 Å². The molecule has 0 spiro atoms. The number of aliphatic hydroxyl groups is 1. The minimum Gasteiger partial charge on any atom is -0.396 e. The fourth-order valence-corrected chi connectivity index (χ4v) is 1.79. The zero-order chi connectivity index (χ0) is 13.1. The van der Waals surface area contributed by atoms with Crippen LogP contribution in [-0.2, 0) is 0 Å². The van der Waals surface area contributed by atoms with Gasteiger partial charge in [-0.1, -0.05) is 0 Å². The van der Waals surface area contributed by atoms with Gasteiger partial charge in [-0.15, -0.1) is 0 Å². The van der Waals surface area contributed by atoms with Crippen LogP contribution in [0.2, 0.25) is 0 Å². The van der Waals surface area contributed by atoms with Gasteiger partial charge in [-0.2, -0.15) is 0 Å². The lowest BCUT2D eigenvalue weighted by Gasteiger charge is -2.11. The highest BCUT2D eigenvalue weighted by atomic mass is 19.1. The number of amides is 1. The molecule has 2 aromatic rings. The second-order valence-electron chi connectivity index (χ2n) is 4.30. The van der Waals surface area contributed by atoms with Crippen molar-refractivity contribution in [3.8, 4) is 0 Å². The van der Waals surface area contributed by atoms with Crippen LogP contribution in [0.3, 0.4) is 0 Å². The molecule has 5 heteroatoms. The Morgan fingerprint density at radius 3 is 3.00 bits per heavy atom. The van der Waals surface area contributed by atoms with Crippen LogP contribution < -0.4 is 5.32 Å². The van der Waals surface area contributed by atoms with Crippen molar-refractivity contribution in [1.29, 1.82) is 0 Å². The third-order valence-electron chi connectivity index (χ3n) is 2.77. The van der Waals surface area contributed by atoms with Crippen LogP contribution in [0.1, 0.15) is 23.8 Å². The van der Waals surface area contributed by atoms with Crippen molar-refractivity contribution in [2.45, 2.75) is 19.4 Å². The quantitative estimate of drug-likeness (QED) is 0.774. The standard InChI is InChI=1S/C13H15FN2O2/c1-8(4-5-17)15-13(18)12-7-9-6-10(14)2-3-11(9)16-12/h2-3,6-8,16-17H,4-5H2,1H3,(H,15,18)/t8-/m1/s1. The van der Waals surface area contributed by atoms with E-state index in [1.165, 1.54) is 12.1 Å². The topological polar surface area (TPSA) is 65.1 Å². The largest absolute Gasteiger partial charge is 0.396 e. The van der Waals surface area contributed by atoms with E-state index in [0.29, 0.717) is 17.5 Å². The van der Waals surface area contributed by atoms with Gasteiger partial charge >= 0.3 is 0 Å². The SMILES string of the molecule is C[C@H](CCO)NC(=O)c1cc2cc(F)ccc2[nH]1. The van der Waals surface area contributed by atoms with Crippen molar-refractivity contribution in [1.82, 2.24) is 10.3 Å². The number of benzene rings is 1. The van der Waals surface area contributed by atoms with E-state index in [1.807, 2.05) is 6.92 Å². The summed E-state index contributed by atoms with van der Waals surface area (Å²) in [5.41, 5.74) is 1.11. The number of hydrogen-bond acceptors (Lipinski definition) is 2. The second kappa shape index (κ2) is 5.18. The first-order valence-electron chi connectivity index (χ1n) is 5.80. The third kappa shape index (κ3) is 2.68. The summed E-state index contributed by atoms with van der Waals surface area (Å²) in [5.74, 6) is -0.588. The summed E-state index contributed by atoms with van der Waals surface area (Å²) in [7, 11) is 0. The molecule has 0 aliphatic rings. The predicted octanol–water partition coefficient (Wildman–Crippen LogP) is 1.81. The van der Waals surface area contributed by atoms with Gasteiger partial charge in [-0.05, 0) is 37.6 Å². The van der Waals surface area contributed by atoms with Crippen molar-refractivity contribution < 1.29 is 14.3 Å². The first kappa shape index (κ1) is 12.6. The van der Waals surface area contributed by atoms with Gasteiger partial charge in [0.15, 0.2) is 0 Å². The maximum Gasteiger partial charge on any atom is 0.267 e. The molecule has 1 amide bonds. The van der Waals surface area contributed by atoms with Gasteiger partial charge in [0.25, 0.3) is 5.91 Å². The number of halogens is 1. The molecular formula is C13H15FN2O2. The zero-order valence-electron chi connectivity index (χ0n) is 10.0. The first-order chi connectivity index (χ1) is 8.60. The van der Waals surface area contributed by atoms with E-state index < -0.39 is 0 Å². The molecule has 0 saturated carbocycles. The highest BCUT2D eigenvalue weighted by molar-refractivity contribution is 5.98. The summed E-state index contributed by atoms with van der Waals surface area (Å²) in [4.78, 5) is 14.8. The maximum absolute atomic E-state index is 13.0. The summed E-state index contributed by atoms with van der Waals surface area (Å²) in [5, 5.41) is 12.2. The Balaban J connectivity index is 2.18. The van der Waals surface area contributed by atoms with Crippen molar-refractivity contribution in [3.05, 3.63) is 35.8 Å². The Labute approximate surface area is 104 Å². The Bertz CT molecular complexity index is 565. The number of carbonyl (C=O) groups excluding carboxylic acids is 1. The Morgan fingerprint density at radius 2 is 2.28 bits per heavy atom. The Hall–Kier alpha value is -1.88. The summed E-state index contributed by atoms with van der Waals surface area (Å²) in [6.07, 6.45) is 0.501. The molecule has 0 bridgehead atoms. The summed E-state index contributed by atoms with van der Waals surface area (Å²) >= 11 is 0. The number of nitrogens with one attached hydrogen (secondary N) is 2. The Morgan fingerprint density at radius 1 is 1.50 bits per heavy atom. The van der Waals surface area contributed by atoms with Gasteiger partial charge in [-0.25, -0.2) is 4.39 Å². The number of aromatic amines is 1. The average Bonchev–Trinajstić information content (AvgIpc) is 2.72.